The molecule has 3 aromatic rings. The van der Waals surface area contributed by atoms with Crippen molar-refractivity contribution in [2.75, 3.05) is 31.1 Å². The standard InChI is InChI=1S/C21H21FN4O/c1-16-15-19(23-26(16)20-10-6-5-9-18(20)22)21(27)25-13-11-24(12-14-25)17-7-3-2-4-8-17/h2-10,15H,11-14H2,1H3. The number of anilines is 1. The number of rotatable bonds is 3. The monoisotopic (exact) mass is 364 g/mol. The first-order valence-corrected chi connectivity index (χ1v) is 9.04. The van der Waals surface area contributed by atoms with Gasteiger partial charge in [0, 0.05) is 37.6 Å². The maximum atomic E-state index is 14.1. The number of amides is 1. The van der Waals surface area contributed by atoms with Gasteiger partial charge in [-0.15, -0.1) is 0 Å². The maximum absolute atomic E-state index is 14.1. The van der Waals surface area contributed by atoms with Crippen LogP contribution in [0, 0.1) is 12.7 Å². The summed E-state index contributed by atoms with van der Waals surface area (Å²) >= 11 is 0. The lowest BCUT2D eigenvalue weighted by molar-refractivity contribution is 0.0740. The van der Waals surface area contributed by atoms with Gasteiger partial charge >= 0.3 is 0 Å². The fraction of sp³-hybridized carbons (Fsp3) is 0.238. The van der Waals surface area contributed by atoms with Gasteiger partial charge in [0.25, 0.3) is 5.91 Å². The molecule has 0 unspecified atom stereocenters. The number of para-hydroxylation sites is 2. The number of hydrogen-bond donors (Lipinski definition) is 0. The van der Waals surface area contributed by atoms with Crippen LogP contribution in [-0.4, -0.2) is 46.8 Å². The molecule has 5 nitrogen and oxygen atoms in total. The van der Waals surface area contributed by atoms with E-state index in [0.717, 1.165) is 18.8 Å². The molecule has 2 aromatic carbocycles. The van der Waals surface area contributed by atoms with E-state index in [1.165, 1.54) is 16.4 Å². The van der Waals surface area contributed by atoms with Crippen molar-refractivity contribution < 1.29 is 9.18 Å². The first-order valence-electron chi connectivity index (χ1n) is 9.04. The van der Waals surface area contributed by atoms with Crippen LogP contribution in [-0.2, 0) is 0 Å². The Kier molecular flexibility index (Phi) is 4.62. The molecule has 0 saturated carbocycles. The molecule has 1 amide bonds. The van der Waals surface area contributed by atoms with Gasteiger partial charge < -0.3 is 9.80 Å². The molecule has 0 spiro atoms. The van der Waals surface area contributed by atoms with Crippen LogP contribution in [0.2, 0.25) is 0 Å². The molecule has 0 N–H and O–H groups in total. The molecule has 1 fully saturated rings. The summed E-state index contributed by atoms with van der Waals surface area (Å²) in [5, 5.41) is 4.37. The fourth-order valence-corrected chi connectivity index (χ4v) is 3.41. The van der Waals surface area contributed by atoms with Crippen molar-refractivity contribution in [1.29, 1.82) is 0 Å². The van der Waals surface area contributed by atoms with Crippen LogP contribution in [0.4, 0.5) is 10.1 Å². The zero-order valence-corrected chi connectivity index (χ0v) is 15.2. The molecule has 2 heterocycles. The Balaban J connectivity index is 1.48. The Morgan fingerprint density at radius 2 is 1.63 bits per heavy atom. The normalized spacial score (nSPS) is 14.4. The number of nitrogens with zero attached hydrogens (tertiary/aromatic N) is 4. The second-order valence-electron chi connectivity index (χ2n) is 6.65. The molecular formula is C21H21FN4O. The molecule has 1 aromatic heterocycles. The number of carbonyl (C=O) groups is 1. The lowest BCUT2D eigenvalue weighted by Gasteiger charge is -2.35. The molecule has 0 radical (unpaired) electrons. The highest BCUT2D eigenvalue weighted by Gasteiger charge is 2.25. The Morgan fingerprint density at radius 1 is 0.963 bits per heavy atom. The molecule has 1 aliphatic heterocycles. The summed E-state index contributed by atoms with van der Waals surface area (Å²) in [5.41, 5.74) is 2.60. The Labute approximate surface area is 157 Å². The SMILES string of the molecule is Cc1cc(C(=O)N2CCN(c3ccccc3)CC2)nn1-c1ccccc1F. The van der Waals surface area contributed by atoms with Gasteiger partial charge in [-0.3, -0.25) is 4.79 Å². The van der Waals surface area contributed by atoms with Crippen molar-refractivity contribution in [3.05, 3.63) is 77.9 Å². The number of aromatic nitrogens is 2. The summed E-state index contributed by atoms with van der Waals surface area (Å²) in [6, 6.07) is 18.3. The number of piperazine rings is 1. The minimum atomic E-state index is -0.362. The highest BCUT2D eigenvalue weighted by atomic mass is 19.1. The number of hydrogen-bond acceptors (Lipinski definition) is 3. The Bertz CT molecular complexity index is 946. The van der Waals surface area contributed by atoms with Crippen molar-refractivity contribution in [1.82, 2.24) is 14.7 Å². The molecule has 4 rings (SSSR count). The van der Waals surface area contributed by atoms with Crippen LogP contribution in [0.3, 0.4) is 0 Å². The number of halogens is 1. The van der Waals surface area contributed by atoms with E-state index >= 15 is 0 Å². The zero-order chi connectivity index (χ0) is 18.8. The van der Waals surface area contributed by atoms with Crippen LogP contribution in [0.5, 0.6) is 0 Å². The number of carbonyl (C=O) groups excluding carboxylic acids is 1. The van der Waals surface area contributed by atoms with E-state index in [1.54, 1.807) is 24.3 Å². The quantitative estimate of drug-likeness (QED) is 0.716. The van der Waals surface area contributed by atoms with Crippen molar-refractivity contribution >= 4 is 11.6 Å². The smallest absolute Gasteiger partial charge is 0.274 e. The first-order chi connectivity index (χ1) is 13.1. The minimum absolute atomic E-state index is 0.110. The van der Waals surface area contributed by atoms with E-state index < -0.39 is 0 Å². The van der Waals surface area contributed by atoms with Gasteiger partial charge in [0.1, 0.15) is 11.5 Å². The Hall–Kier alpha value is -3.15. The minimum Gasteiger partial charge on any atom is -0.368 e. The molecule has 0 aliphatic carbocycles. The maximum Gasteiger partial charge on any atom is 0.274 e. The highest BCUT2D eigenvalue weighted by Crippen LogP contribution is 2.19. The molecule has 27 heavy (non-hydrogen) atoms. The molecule has 0 atom stereocenters. The van der Waals surface area contributed by atoms with E-state index in [2.05, 4.69) is 22.1 Å². The van der Waals surface area contributed by atoms with Crippen LogP contribution >= 0.6 is 0 Å². The molecule has 0 bridgehead atoms. The third kappa shape index (κ3) is 3.43. The molecule has 6 heteroatoms. The largest absolute Gasteiger partial charge is 0.368 e. The van der Waals surface area contributed by atoms with Gasteiger partial charge in [-0.2, -0.15) is 5.10 Å². The fourth-order valence-electron chi connectivity index (χ4n) is 3.41. The number of benzene rings is 2. The van der Waals surface area contributed by atoms with Gasteiger partial charge in [-0.1, -0.05) is 30.3 Å². The van der Waals surface area contributed by atoms with Crippen molar-refractivity contribution in [2.45, 2.75) is 6.92 Å². The molecule has 138 valence electrons. The predicted octanol–water partition coefficient (Wildman–Crippen LogP) is 3.28. The van der Waals surface area contributed by atoms with Gasteiger partial charge in [0.05, 0.1) is 0 Å². The third-order valence-corrected chi connectivity index (χ3v) is 4.88. The second kappa shape index (κ2) is 7.23. The Morgan fingerprint density at radius 3 is 2.33 bits per heavy atom. The van der Waals surface area contributed by atoms with E-state index in [1.807, 2.05) is 30.0 Å². The summed E-state index contributed by atoms with van der Waals surface area (Å²) < 4.78 is 15.6. The van der Waals surface area contributed by atoms with E-state index in [-0.39, 0.29) is 11.7 Å². The topological polar surface area (TPSA) is 41.4 Å². The van der Waals surface area contributed by atoms with Crippen molar-refractivity contribution in [3.8, 4) is 5.69 Å². The molecular weight excluding hydrogens is 343 g/mol. The third-order valence-electron chi connectivity index (χ3n) is 4.88. The molecule has 1 aliphatic rings. The van der Waals surface area contributed by atoms with Crippen LogP contribution in [0.1, 0.15) is 16.2 Å². The van der Waals surface area contributed by atoms with Crippen LogP contribution in [0.15, 0.2) is 60.7 Å². The van der Waals surface area contributed by atoms with Crippen LogP contribution in [0.25, 0.3) is 5.69 Å². The summed E-state index contributed by atoms with van der Waals surface area (Å²) in [7, 11) is 0. The van der Waals surface area contributed by atoms with Gasteiger partial charge in [-0.25, -0.2) is 9.07 Å². The lowest BCUT2D eigenvalue weighted by atomic mass is 10.2. The van der Waals surface area contributed by atoms with E-state index in [0.29, 0.717) is 24.5 Å². The summed E-state index contributed by atoms with van der Waals surface area (Å²) in [4.78, 5) is 16.9. The van der Waals surface area contributed by atoms with Crippen molar-refractivity contribution in [3.63, 3.8) is 0 Å². The summed E-state index contributed by atoms with van der Waals surface area (Å²) in [6.07, 6.45) is 0. The van der Waals surface area contributed by atoms with Gasteiger partial charge in [0.15, 0.2) is 5.69 Å². The number of aryl methyl sites for hydroxylation is 1. The lowest BCUT2D eigenvalue weighted by Crippen LogP contribution is -2.48. The van der Waals surface area contributed by atoms with Crippen molar-refractivity contribution in [2.24, 2.45) is 0 Å². The summed E-state index contributed by atoms with van der Waals surface area (Å²) in [6.45, 7) is 4.66. The molecule has 1 saturated heterocycles. The average Bonchev–Trinajstić information content (AvgIpc) is 3.10. The van der Waals surface area contributed by atoms with Crippen LogP contribution < -0.4 is 4.90 Å². The average molecular weight is 364 g/mol. The predicted molar refractivity (Wildman–Crippen MR) is 103 cm³/mol. The van der Waals surface area contributed by atoms with E-state index in [9.17, 15) is 9.18 Å². The van der Waals surface area contributed by atoms with E-state index in [4.69, 9.17) is 0 Å². The van der Waals surface area contributed by atoms with Gasteiger partial charge in [-0.05, 0) is 37.3 Å². The van der Waals surface area contributed by atoms with Gasteiger partial charge in [0.2, 0.25) is 0 Å². The highest BCUT2D eigenvalue weighted by molar-refractivity contribution is 5.92. The first kappa shape index (κ1) is 17.3. The summed E-state index contributed by atoms with van der Waals surface area (Å²) in [5.74, 6) is -0.472. The second-order valence-corrected chi connectivity index (χ2v) is 6.65. The zero-order valence-electron chi connectivity index (χ0n) is 15.2.